The lowest BCUT2D eigenvalue weighted by Gasteiger charge is -2.29. The van der Waals surface area contributed by atoms with Gasteiger partial charge in [-0.15, -0.1) is 0 Å². The minimum atomic E-state index is -0.989. The molecule has 2 rings (SSSR count). The van der Waals surface area contributed by atoms with Crippen LogP contribution in [0.2, 0.25) is 0 Å². The van der Waals surface area contributed by atoms with Gasteiger partial charge in [-0.25, -0.2) is 5.01 Å². The highest BCUT2D eigenvalue weighted by Crippen LogP contribution is 2.23. The van der Waals surface area contributed by atoms with Crippen molar-refractivity contribution in [3.05, 3.63) is 0 Å². The molecule has 5 heteroatoms. The van der Waals surface area contributed by atoms with Gasteiger partial charge in [-0.3, -0.25) is 15.0 Å². The van der Waals surface area contributed by atoms with Crippen LogP contribution >= 0.6 is 0 Å². The van der Waals surface area contributed by atoms with E-state index in [4.69, 9.17) is 5.73 Å². The summed E-state index contributed by atoms with van der Waals surface area (Å²) < 4.78 is 0. The zero-order valence-electron chi connectivity index (χ0n) is 8.03. The summed E-state index contributed by atoms with van der Waals surface area (Å²) in [4.78, 5) is 22.7. The molecule has 2 fully saturated rings. The van der Waals surface area contributed by atoms with Gasteiger partial charge in [0.1, 0.15) is 0 Å². The van der Waals surface area contributed by atoms with Gasteiger partial charge in [0.2, 0.25) is 0 Å². The van der Waals surface area contributed by atoms with Crippen molar-refractivity contribution in [1.82, 2.24) is 10.4 Å². The van der Waals surface area contributed by atoms with E-state index in [0.29, 0.717) is 0 Å². The second-order valence-electron chi connectivity index (χ2n) is 3.95. The summed E-state index contributed by atoms with van der Waals surface area (Å²) >= 11 is 0. The fourth-order valence-corrected chi connectivity index (χ4v) is 2.12. The average molecular weight is 197 g/mol. The lowest BCUT2D eigenvalue weighted by Crippen LogP contribution is -2.45. The van der Waals surface area contributed by atoms with Gasteiger partial charge in [0.15, 0.2) is 6.04 Å². The van der Waals surface area contributed by atoms with Crippen molar-refractivity contribution < 1.29 is 9.59 Å². The van der Waals surface area contributed by atoms with Crippen molar-refractivity contribution in [3.8, 4) is 0 Å². The van der Waals surface area contributed by atoms with Crippen LogP contribution in [0.5, 0.6) is 0 Å². The third kappa shape index (κ3) is 1.48. The van der Waals surface area contributed by atoms with E-state index in [1.54, 1.807) is 0 Å². The predicted molar refractivity (Wildman–Crippen MR) is 49.8 cm³/mol. The smallest absolute Gasteiger partial charge is 0.267 e. The average Bonchev–Trinajstić information content (AvgIpc) is 2.47. The molecule has 0 aromatic carbocycles. The van der Waals surface area contributed by atoms with Crippen LogP contribution in [0.1, 0.15) is 32.1 Å². The molecule has 5 nitrogen and oxygen atoms in total. The molecule has 1 saturated heterocycles. The molecule has 14 heavy (non-hydrogen) atoms. The van der Waals surface area contributed by atoms with Crippen molar-refractivity contribution in [2.45, 2.75) is 44.2 Å². The first kappa shape index (κ1) is 9.45. The fraction of sp³-hybridized carbons (Fsp3) is 0.778. The van der Waals surface area contributed by atoms with Crippen molar-refractivity contribution in [3.63, 3.8) is 0 Å². The molecule has 1 heterocycles. The number of amides is 2. The maximum absolute atomic E-state index is 11.5. The monoisotopic (exact) mass is 197 g/mol. The number of rotatable bonds is 1. The van der Waals surface area contributed by atoms with Crippen molar-refractivity contribution >= 4 is 11.8 Å². The summed E-state index contributed by atoms with van der Waals surface area (Å²) in [6, 6.07) is -0.828. The Hall–Kier alpha value is -1.10. The van der Waals surface area contributed by atoms with Gasteiger partial charge in [-0.1, -0.05) is 19.3 Å². The highest BCUT2D eigenvalue weighted by molar-refractivity contribution is 6.09. The van der Waals surface area contributed by atoms with Crippen LogP contribution in [-0.2, 0) is 9.59 Å². The molecule has 1 aliphatic heterocycles. The Morgan fingerprint density at radius 1 is 1.21 bits per heavy atom. The summed E-state index contributed by atoms with van der Waals surface area (Å²) in [6.45, 7) is 0. The molecule has 0 bridgehead atoms. The Labute approximate surface area is 82.6 Å². The van der Waals surface area contributed by atoms with Gasteiger partial charge in [0, 0.05) is 0 Å². The van der Waals surface area contributed by atoms with Gasteiger partial charge in [0.25, 0.3) is 11.8 Å². The highest BCUT2D eigenvalue weighted by atomic mass is 16.2. The van der Waals surface area contributed by atoms with Crippen LogP contribution < -0.4 is 11.2 Å². The van der Waals surface area contributed by atoms with Crippen molar-refractivity contribution in [2.75, 3.05) is 0 Å². The molecule has 0 aromatic heterocycles. The Balaban J connectivity index is 2.04. The molecule has 2 aliphatic rings. The van der Waals surface area contributed by atoms with Crippen LogP contribution in [0.25, 0.3) is 0 Å². The van der Waals surface area contributed by atoms with Crippen molar-refractivity contribution in [1.29, 1.82) is 0 Å². The number of hydrazine groups is 1. The second kappa shape index (κ2) is 3.57. The Bertz CT molecular complexity index is 261. The van der Waals surface area contributed by atoms with Crippen LogP contribution in [0.4, 0.5) is 0 Å². The summed E-state index contributed by atoms with van der Waals surface area (Å²) in [5, 5.41) is 1.44. The molecule has 78 valence electrons. The third-order valence-corrected chi connectivity index (χ3v) is 2.96. The number of nitrogens with two attached hydrogens (primary N) is 1. The lowest BCUT2D eigenvalue weighted by atomic mass is 9.95. The van der Waals surface area contributed by atoms with Gasteiger partial charge in [-0.2, -0.15) is 0 Å². The minimum Gasteiger partial charge on any atom is -0.312 e. The number of hydrogen-bond donors (Lipinski definition) is 2. The number of hydrogen-bond acceptors (Lipinski definition) is 3. The standard InChI is InChI=1S/C9H15N3O2/c10-7-8(13)11-12(9(7)14)6-4-2-1-3-5-6/h6-7H,1-5,10H2,(H,11,13). The molecule has 1 aliphatic carbocycles. The Kier molecular flexibility index (Phi) is 2.41. The number of nitrogens with one attached hydrogen (secondary N) is 1. The predicted octanol–water partition coefficient (Wildman–Crippen LogP) is -0.480. The van der Waals surface area contributed by atoms with E-state index in [1.165, 1.54) is 11.4 Å². The van der Waals surface area contributed by atoms with E-state index in [-0.39, 0.29) is 17.9 Å². The summed E-state index contributed by atoms with van der Waals surface area (Å²) in [5.41, 5.74) is 7.96. The molecule has 0 radical (unpaired) electrons. The zero-order chi connectivity index (χ0) is 10.1. The topological polar surface area (TPSA) is 75.4 Å². The minimum absolute atomic E-state index is 0.161. The maximum atomic E-state index is 11.5. The Morgan fingerprint density at radius 2 is 1.86 bits per heavy atom. The van der Waals surface area contributed by atoms with Crippen LogP contribution in [0.3, 0.4) is 0 Å². The van der Waals surface area contributed by atoms with Gasteiger partial charge in [0.05, 0.1) is 6.04 Å². The number of nitrogens with zero attached hydrogens (tertiary/aromatic N) is 1. The van der Waals surface area contributed by atoms with E-state index in [0.717, 1.165) is 25.7 Å². The van der Waals surface area contributed by atoms with Crippen LogP contribution in [-0.4, -0.2) is 28.9 Å². The summed E-state index contributed by atoms with van der Waals surface area (Å²) in [5.74, 6) is -0.650. The normalized spacial score (nSPS) is 29.5. The molecule has 3 N–H and O–H groups in total. The quantitative estimate of drug-likeness (QED) is 0.557. The van der Waals surface area contributed by atoms with Crippen LogP contribution in [0, 0.1) is 0 Å². The molecular weight excluding hydrogens is 182 g/mol. The van der Waals surface area contributed by atoms with Gasteiger partial charge >= 0.3 is 0 Å². The molecular formula is C9H15N3O2. The number of carbonyl (C=O) groups excluding carboxylic acids is 2. The van der Waals surface area contributed by atoms with Crippen LogP contribution in [0.15, 0.2) is 0 Å². The molecule has 0 aromatic rings. The first-order chi connectivity index (χ1) is 6.70. The van der Waals surface area contributed by atoms with E-state index in [2.05, 4.69) is 5.43 Å². The summed E-state index contributed by atoms with van der Waals surface area (Å²) in [6.07, 6.45) is 5.41. The largest absolute Gasteiger partial charge is 0.312 e. The summed E-state index contributed by atoms with van der Waals surface area (Å²) in [7, 11) is 0. The lowest BCUT2D eigenvalue weighted by molar-refractivity contribution is -0.133. The van der Waals surface area contributed by atoms with Gasteiger partial charge in [-0.05, 0) is 12.8 Å². The fourth-order valence-electron chi connectivity index (χ4n) is 2.12. The second-order valence-corrected chi connectivity index (χ2v) is 3.95. The number of carbonyl (C=O) groups is 2. The molecule has 0 spiro atoms. The Morgan fingerprint density at radius 3 is 2.36 bits per heavy atom. The van der Waals surface area contributed by atoms with E-state index in [9.17, 15) is 9.59 Å². The molecule has 1 atom stereocenters. The molecule has 1 unspecified atom stereocenters. The van der Waals surface area contributed by atoms with E-state index >= 15 is 0 Å². The maximum Gasteiger partial charge on any atom is 0.267 e. The SMILES string of the molecule is NC1C(=O)NN(C2CCCCC2)C1=O. The third-order valence-electron chi connectivity index (χ3n) is 2.96. The molecule has 1 saturated carbocycles. The van der Waals surface area contributed by atoms with E-state index < -0.39 is 6.04 Å². The highest BCUT2D eigenvalue weighted by Gasteiger charge is 2.40. The van der Waals surface area contributed by atoms with Gasteiger partial charge < -0.3 is 5.73 Å². The first-order valence-electron chi connectivity index (χ1n) is 5.09. The molecule has 2 amide bonds. The first-order valence-corrected chi connectivity index (χ1v) is 5.09. The zero-order valence-corrected chi connectivity index (χ0v) is 8.03. The van der Waals surface area contributed by atoms with E-state index in [1.807, 2.05) is 0 Å². The van der Waals surface area contributed by atoms with Crippen molar-refractivity contribution in [2.24, 2.45) is 5.73 Å².